The molecule has 1 aliphatic heterocycles. The minimum Gasteiger partial charge on any atom is -0.459 e. The molecule has 4 heteroatoms. The number of benzene rings is 1. The fraction of sp³-hybridized carbons (Fsp3) is 0.389. The standard InChI is InChI=1S/C18H21NO3/c20-18(17-9-5-13-22-17)19-11-10-16(14-19)21-12-4-8-15-6-2-1-3-7-15/h1-3,5-7,9,13,16H,4,8,10-12,14H2. The van der Waals surface area contributed by atoms with Crippen LogP contribution < -0.4 is 0 Å². The highest BCUT2D eigenvalue weighted by molar-refractivity contribution is 5.91. The van der Waals surface area contributed by atoms with Gasteiger partial charge in [0.15, 0.2) is 5.76 Å². The van der Waals surface area contributed by atoms with Crippen molar-refractivity contribution in [2.24, 2.45) is 0 Å². The van der Waals surface area contributed by atoms with Crippen molar-refractivity contribution in [2.45, 2.75) is 25.4 Å². The van der Waals surface area contributed by atoms with Crippen LogP contribution in [0.1, 0.15) is 29.0 Å². The van der Waals surface area contributed by atoms with Crippen LogP contribution in [0.5, 0.6) is 0 Å². The van der Waals surface area contributed by atoms with Crippen LogP contribution in [-0.2, 0) is 11.2 Å². The van der Waals surface area contributed by atoms with Crippen LogP contribution in [0.2, 0.25) is 0 Å². The molecule has 0 saturated carbocycles. The van der Waals surface area contributed by atoms with Crippen molar-refractivity contribution in [2.75, 3.05) is 19.7 Å². The summed E-state index contributed by atoms with van der Waals surface area (Å²) in [6, 6.07) is 13.9. The molecule has 4 nitrogen and oxygen atoms in total. The highest BCUT2D eigenvalue weighted by Gasteiger charge is 2.28. The number of carbonyl (C=O) groups excluding carboxylic acids is 1. The highest BCUT2D eigenvalue weighted by atomic mass is 16.5. The summed E-state index contributed by atoms with van der Waals surface area (Å²) in [6.45, 7) is 2.14. The largest absolute Gasteiger partial charge is 0.459 e. The Bertz CT molecular complexity index is 580. The van der Waals surface area contributed by atoms with Crippen LogP contribution in [-0.4, -0.2) is 36.6 Å². The number of nitrogens with zero attached hydrogens (tertiary/aromatic N) is 1. The van der Waals surface area contributed by atoms with Crippen LogP contribution >= 0.6 is 0 Å². The number of amides is 1. The summed E-state index contributed by atoms with van der Waals surface area (Å²) < 4.78 is 11.1. The zero-order valence-electron chi connectivity index (χ0n) is 12.6. The molecule has 1 unspecified atom stereocenters. The summed E-state index contributed by atoms with van der Waals surface area (Å²) in [4.78, 5) is 14.0. The van der Waals surface area contributed by atoms with E-state index in [1.54, 1.807) is 17.0 Å². The molecule has 1 aliphatic rings. The average Bonchev–Trinajstić information content (AvgIpc) is 3.24. The Balaban J connectivity index is 1.37. The molecule has 1 amide bonds. The first kappa shape index (κ1) is 14.9. The van der Waals surface area contributed by atoms with Crippen molar-refractivity contribution in [3.05, 3.63) is 60.1 Å². The first-order chi connectivity index (χ1) is 10.8. The number of furan rings is 1. The van der Waals surface area contributed by atoms with E-state index in [9.17, 15) is 4.79 Å². The van der Waals surface area contributed by atoms with Crippen LogP contribution in [0, 0.1) is 0 Å². The van der Waals surface area contributed by atoms with Crippen LogP contribution in [0.25, 0.3) is 0 Å². The zero-order valence-corrected chi connectivity index (χ0v) is 12.6. The molecular weight excluding hydrogens is 278 g/mol. The summed E-state index contributed by atoms with van der Waals surface area (Å²) in [5.74, 6) is 0.366. The third kappa shape index (κ3) is 3.77. The van der Waals surface area contributed by atoms with Crippen molar-refractivity contribution in [1.29, 1.82) is 0 Å². The quantitative estimate of drug-likeness (QED) is 0.770. The molecule has 2 aromatic rings. The van der Waals surface area contributed by atoms with E-state index in [4.69, 9.17) is 9.15 Å². The second kappa shape index (κ2) is 7.27. The van der Waals surface area contributed by atoms with Gasteiger partial charge in [0.25, 0.3) is 5.91 Å². The first-order valence-corrected chi connectivity index (χ1v) is 7.81. The Morgan fingerprint density at radius 1 is 1.23 bits per heavy atom. The predicted octanol–water partition coefficient (Wildman–Crippen LogP) is 3.14. The predicted molar refractivity (Wildman–Crippen MR) is 83.7 cm³/mol. The van der Waals surface area contributed by atoms with E-state index in [0.29, 0.717) is 12.3 Å². The maximum Gasteiger partial charge on any atom is 0.289 e. The summed E-state index contributed by atoms with van der Waals surface area (Å²) in [6.07, 6.45) is 4.61. The lowest BCUT2D eigenvalue weighted by atomic mass is 10.1. The molecule has 0 radical (unpaired) electrons. The van der Waals surface area contributed by atoms with E-state index >= 15 is 0 Å². The molecule has 0 aliphatic carbocycles. The number of ether oxygens (including phenoxy) is 1. The Morgan fingerprint density at radius 3 is 2.86 bits per heavy atom. The monoisotopic (exact) mass is 299 g/mol. The molecule has 3 rings (SSSR count). The molecule has 0 N–H and O–H groups in total. The highest BCUT2D eigenvalue weighted by Crippen LogP contribution is 2.16. The third-order valence-corrected chi connectivity index (χ3v) is 3.97. The minimum atomic E-state index is -0.0413. The molecule has 1 fully saturated rings. The van der Waals surface area contributed by atoms with E-state index in [0.717, 1.165) is 32.4 Å². The van der Waals surface area contributed by atoms with Gasteiger partial charge in [0.2, 0.25) is 0 Å². The summed E-state index contributed by atoms with van der Waals surface area (Å²) in [5.41, 5.74) is 1.34. The minimum absolute atomic E-state index is 0.0413. The molecule has 116 valence electrons. The van der Waals surface area contributed by atoms with Gasteiger partial charge in [-0.3, -0.25) is 4.79 Å². The molecule has 0 spiro atoms. The summed E-state index contributed by atoms with van der Waals surface area (Å²) in [5, 5.41) is 0. The zero-order chi connectivity index (χ0) is 15.2. The Kier molecular flexibility index (Phi) is 4.91. The number of likely N-dealkylation sites (tertiary alicyclic amines) is 1. The fourth-order valence-corrected chi connectivity index (χ4v) is 2.78. The number of carbonyl (C=O) groups is 1. The SMILES string of the molecule is O=C(c1ccco1)N1CCC(OCCCc2ccccc2)C1. The normalized spacial score (nSPS) is 17.8. The van der Waals surface area contributed by atoms with Crippen LogP contribution in [0.4, 0.5) is 0 Å². The Morgan fingerprint density at radius 2 is 2.09 bits per heavy atom. The molecule has 1 aromatic carbocycles. The van der Waals surface area contributed by atoms with Crippen molar-refractivity contribution >= 4 is 5.91 Å². The Labute approximate surface area is 130 Å². The topological polar surface area (TPSA) is 42.7 Å². The van der Waals surface area contributed by atoms with Gasteiger partial charge in [-0.15, -0.1) is 0 Å². The van der Waals surface area contributed by atoms with Gasteiger partial charge in [0.05, 0.1) is 12.4 Å². The van der Waals surface area contributed by atoms with Gasteiger partial charge in [-0.25, -0.2) is 0 Å². The lowest BCUT2D eigenvalue weighted by Gasteiger charge is -2.15. The van der Waals surface area contributed by atoms with E-state index in [1.807, 2.05) is 6.07 Å². The molecule has 0 bridgehead atoms. The van der Waals surface area contributed by atoms with E-state index in [-0.39, 0.29) is 12.0 Å². The maximum absolute atomic E-state index is 12.1. The van der Waals surface area contributed by atoms with E-state index in [1.165, 1.54) is 11.8 Å². The van der Waals surface area contributed by atoms with Crippen molar-refractivity contribution < 1.29 is 13.9 Å². The van der Waals surface area contributed by atoms with Crippen molar-refractivity contribution in [1.82, 2.24) is 4.90 Å². The Hall–Kier alpha value is -2.07. The number of rotatable bonds is 6. The van der Waals surface area contributed by atoms with Crippen LogP contribution in [0.15, 0.2) is 53.1 Å². The van der Waals surface area contributed by atoms with Gasteiger partial charge in [-0.1, -0.05) is 30.3 Å². The van der Waals surface area contributed by atoms with Crippen LogP contribution in [0.3, 0.4) is 0 Å². The van der Waals surface area contributed by atoms with Gasteiger partial charge >= 0.3 is 0 Å². The third-order valence-electron chi connectivity index (χ3n) is 3.97. The number of hydrogen-bond donors (Lipinski definition) is 0. The van der Waals surface area contributed by atoms with Crippen molar-refractivity contribution in [3.63, 3.8) is 0 Å². The summed E-state index contributed by atoms with van der Waals surface area (Å²) in [7, 11) is 0. The first-order valence-electron chi connectivity index (χ1n) is 7.81. The second-order valence-electron chi connectivity index (χ2n) is 5.60. The van der Waals surface area contributed by atoms with Gasteiger partial charge in [0, 0.05) is 19.7 Å². The average molecular weight is 299 g/mol. The van der Waals surface area contributed by atoms with Gasteiger partial charge < -0.3 is 14.1 Å². The molecule has 22 heavy (non-hydrogen) atoms. The van der Waals surface area contributed by atoms with E-state index in [2.05, 4.69) is 24.3 Å². The van der Waals surface area contributed by atoms with E-state index < -0.39 is 0 Å². The molecule has 1 atom stereocenters. The molecular formula is C18H21NO3. The van der Waals surface area contributed by atoms with Crippen molar-refractivity contribution in [3.8, 4) is 0 Å². The number of aryl methyl sites for hydroxylation is 1. The lowest BCUT2D eigenvalue weighted by molar-refractivity contribution is 0.0514. The molecule has 2 heterocycles. The second-order valence-corrected chi connectivity index (χ2v) is 5.60. The number of hydrogen-bond acceptors (Lipinski definition) is 3. The van der Waals surface area contributed by atoms with Gasteiger partial charge in [-0.05, 0) is 37.0 Å². The van der Waals surface area contributed by atoms with Gasteiger partial charge in [-0.2, -0.15) is 0 Å². The smallest absolute Gasteiger partial charge is 0.289 e. The molecule has 1 saturated heterocycles. The molecule has 1 aromatic heterocycles. The maximum atomic E-state index is 12.1. The van der Waals surface area contributed by atoms with Gasteiger partial charge in [0.1, 0.15) is 0 Å². The lowest BCUT2D eigenvalue weighted by Crippen LogP contribution is -2.30. The fourth-order valence-electron chi connectivity index (χ4n) is 2.78. The summed E-state index contributed by atoms with van der Waals surface area (Å²) >= 11 is 0.